The summed E-state index contributed by atoms with van der Waals surface area (Å²) in [6, 6.07) is 8.12. The molecule has 2 unspecified atom stereocenters. The monoisotopic (exact) mass is 289 g/mol. The number of hydrogen-bond donors (Lipinski definition) is 1. The van der Waals surface area contributed by atoms with Crippen molar-refractivity contribution in [2.75, 3.05) is 20.1 Å². The number of oxazole rings is 1. The topological polar surface area (TPSA) is 64.4 Å². The minimum atomic E-state index is -0.272. The van der Waals surface area contributed by atoms with E-state index in [1.54, 1.807) is 4.57 Å². The fourth-order valence-corrected chi connectivity index (χ4v) is 3.52. The van der Waals surface area contributed by atoms with Crippen LogP contribution in [0.4, 0.5) is 0 Å². The van der Waals surface area contributed by atoms with E-state index in [0.29, 0.717) is 24.1 Å². The zero-order valence-corrected chi connectivity index (χ0v) is 12.5. The average Bonchev–Trinajstić information content (AvgIpc) is 3.08. The Bertz CT molecular complexity index is 661. The quantitative estimate of drug-likeness (QED) is 0.909. The third-order valence-electron chi connectivity index (χ3n) is 4.74. The van der Waals surface area contributed by atoms with Crippen molar-refractivity contribution in [2.45, 2.75) is 31.8 Å². The zero-order valence-electron chi connectivity index (χ0n) is 12.5. The Labute approximate surface area is 124 Å². The summed E-state index contributed by atoms with van der Waals surface area (Å²) >= 11 is 0. The first kappa shape index (κ1) is 14.4. The van der Waals surface area contributed by atoms with Crippen molar-refractivity contribution < 1.29 is 4.42 Å². The molecule has 0 bridgehead atoms. The van der Waals surface area contributed by atoms with Gasteiger partial charge in [-0.25, -0.2) is 4.79 Å². The molecule has 2 aromatic rings. The number of para-hydroxylation sites is 2. The summed E-state index contributed by atoms with van der Waals surface area (Å²) in [6.45, 7) is 2.24. The molecule has 1 aliphatic carbocycles. The smallest absolute Gasteiger partial charge is 0.408 e. The van der Waals surface area contributed by atoms with Gasteiger partial charge in [-0.2, -0.15) is 0 Å². The first-order valence-corrected chi connectivity index (χ1v) is 7.69. The zero-order chi connectivity index (χ0) is 14.8. The predicted octanol–water partition coefficient (Wildman–Crippen LogP) is 1.65. The highest BCUT2D eigenvalue weighted by molar-refractivity contribution is 5.72. The van der Waals surface area contributed by atoms with Crippen LogP contribution in [0.5, 0.6) is 0 Å². The Morgan fingerprint density at radius 2 is 2.19 bits per heavy atom. The van der Waals surface area contributed by atoms with Crippen LogP contribution in [0.2, 0.25) is 0 Å². The van der Waals surface area contributed by atoms with Crippen molar-refractivity contribution in [1.82, 2.24) is 9.47 Å². The summed E-state index contributed by atoms with van der Waals surface area (Å²) in [7, 11) is 2.13. The van der Waals surface area contributed by atoms with Gasteiger partial charge in [-0.15, -0.1) is 0 Å². The first-order valence-electron chi connectivity index (χ1n) is 7.69. The molecule has 5 heteroatoms. The van der Waals surface area contributed by atoms with Crippen molar-refractivity contribution in [3.63, 3.8) is 0 Å². The molecular formula is C16H23N3O2. The normalized spacial score (nSPS) is 22.4. The molecule has 1 saturated carbocycles. The van der Waals surface area contributed by atoms with E-state index in [2.05, 4.69) is 11.9 Å². The van der Waals surface area contributed by atoms with E-state index in [9.17, 15) is 4.79 Å². The van der Waals surface area contributed by atoms with Gasteiger partial charge in [0.1, 0.15) is 0 Å². The van der Waals surface area contributed by atoms with Crippen LogP contribution in [-0.2, 0) is 6.54 Å². The van der Waals surface area contributed by atoms with Crippen LogP contribution in [0, 0.1) is 5.92 Å². The van der Waals surface area contributed by atoms with Crippen LogP contribution in [0.1, 0.15) is 19.3 Å². The van der Waals surface area contributed by atoms with Gasteiger partial charge in [0.2, 0.25) is 0 Å². The second-order valence-corrected chi connectivity index (χ2v) is 5.96. The Hall–Kier alpha value is -1.59. The molecule has 21 heavy (non-hydrogen) atoms. The minimum Gasteiger partial charge on any atom is -0.408 e. The number of rotatable bonds is 5. The summed E-state index contributed by atoms with van der Waals surface area (Å²) < 4.78 is 6.99. The lowest BCUT2D eigenvalue weighted by Crippen LogP contribution is -2.39. The maximum absolute atomic E-state index is 12.0. The number of nitrogens with two attached hydrogens (primary N) is 1. The maximum Gasteiger partial charge on any atom is 0.419 e. The molecule has 0 saturated heterocycles. The fourth-order valence-electron chi connectivity index (χ4n) is 3.52. The molecule has 2 atom stereocenters. The molecule has 1 aromatic heterocycles. The van der Waals surface area contributed by atoms with Crippen LogP contribution in [-0.4, -0.2) is 35.6 Å². The molecule has 5 nitrogen and oxygen atoms in total. The summed E-state index contributed by atoms with van der Waals surface area (Å²) in [5.74, 6) is 0.319. The predicted molar refractivity (Wildman–Crippen MR) is 83.3 cm³/mol. The summed E-state index contributed by atoms with van der Waals surface area (Å²) in [5.41, 5.74) is 7.39. The number of nitrogens with zero attached hydrogens (tertiary/aromatic N) is 2. The van der Waals surface area contributed by atoms with Crippen molar-refractivity contribution in [1.29, 1.82) is 0 Å². The highest BCUT2D eigenvalue weighted by Gasteiger charge is 2.29. The van der Waals surface area contributed by atoms with E-state index in [-0.39, 0.29) is 5.76 Å². The largest absolute Gasteiger partial charge is 0.419 e. The molecule has 1 fully saturated rings. The molecule has 2 N–H and O–H groups in total. The Kier molecular flexibility index (Phi) is 4.12. The highest BCUT2D eigenvalue weighted by atomic mass is 16.4. The van der Waals surface area contributed by atoms with Gasteiger partial charge in [0.25, 0.3) is 0 Å². The van der Waals surface area contributed by atoms with E-state index in [4.69, 9.17) is 10.2 Å². The van der Waals surface area contributed by atoms with E-state index >= 15 is 0 Å². The van der Waals surface area contributed by atoms with Crippen LogP contribution >= 0.6 is 0 Å². The third kappa shape index (κ3) is 2.76. The van der Waals surface area contributed by atoms with Crippen LogP contribution < -0.4 is 11.5 Å². The second kappa shape index (κ2) is 6.03. The van der Waals surface area contributed by atoms with Crippen LogP contribution in [0.25, 0.3) is 11.1 Å². The van der Waals surface area contributed by atoms with Gasteiger partial charge in [-0.05, 0) is 44.5 Å². The Morgan fingerprint density at radius 1 is 1.38 bits per heavy atom. The first-order chi connectivity index (χ1) is 10.2. The minimum absolute atomic E-state index is 0.272. The molecule has 114 valence electrons. The van der Waals surface area contributed by atoms with Gasteiger partial charge in [-0.1, -0.05) is 18.6 Å². The van der Waals surface area contributed by atoms with Crippen molar-refractivity contribution >= 4 is 11.1 Å². The lowest BCUT2D eigenvalue weighted by Gasteiger charge is -2.29. The van der Waals surface area contributed by atoms with Crippen molar-refractivity contribution in [3.05, 3.63) is 34.8 Å². The number of hydrogen-bond acceptors (Lipinski definition) is 4. The number of likely N-dealkylation sites (N-methyl/N-ethyl adjacent to an activating group) is 1. The van der Waals surface area contributed by atoms with Gasteiger partial charge >= 0.3 is 5.76 Å². The second-order valence-electron chi connectivity index (χ2n) is 5.96. The van der Waals surface area contributed by atoms with Crippen molar-refractivity contribution in [3.8, 4) is 0 Å². The molecule has 0 radical (unpaired) electrons. The lowest BCUT2D eigenvalue weighted by atomic mass is 10.0. The van der Waals surface area contributed by atoms with Crippen molar-refractivity contribution in [2.24, 2.45) is 11.7 Å². The molecule has 0 aliphatic heterocycles. The Morgan fingerprint density at radius 3 is 3.00 bits per heavy atom. The molecule has 1 heterocycles. The van der Waals surface area contributed by atoms with E-state index in [1.807, 2.05) is 24.3 Å². The fraction of sp³-hybridized carbons (Fsp3) is 0.562. The number of benzene rings is 1. The number of fused-ring (bicyclic) bond motifs is 1. The highest BCUT2D eigenvalue weighted by Crippen LogP contribution is 2.28. The molecular weight excluding hydrogens is 266 g/mol. The van der Waals surface area contributed by atoms with Gasteiger partial charge in [0.05, 0.1) is 5.52 Å². The average molecular weight is 289 g/mol. The van der Waals surface area contributed by atoms with Gasteiger partial charge < -0.3 is 15.1 Å². The van der Waals surface area contributed by atoms with E-state index < -0.39 is 0 Å². The van der Waals surface area contributed by atoms with E-state index in [1.165, 1.54) is 19.3 Å². The van der Waals surface area contributed by atoms with Crippen LogP contribution in [0.15, 0.2) is 33.5 Å². The standard InChI is InChI=1S/C16H23N3O2/c1-18(13-7-4-5-12(13)11-17)9-10-19-14-6-2-3-8-15(14)21-16(19)20/h2-3,6,8,12-13H,4-5,7,9-11,17H2,1H3. The van der Waals surface area contributed by atoms with Gasteiger partial charge in [-0.3, -0.25) is 4.57 Å². The summed E-state index contributed by atoms with van der Waals surface area (Å²) in [4.78, 5) is 14.3. The van der Waals surface area contributed by atoms with Gasteiger partial charge in [0, 0.05) is 19.1 Å². The lowest BCUT2D eigenvalue weighted by molar-refractivity contribution is 0.193. The molecule has 0 amide bonds. The summed E-state index contributed by atoms with van der Waals surface area (Å²) in [6.07, 6.45) is 3.69. The van der Waals surface area contributed by atoms with E-state index in [0.717, 1.165) is 18.6 Å². The van der Waals surface area contributed by atoms with Gasteiger partial charge in [0.15, 0.2) is 5.58 Å². The number of aromatic nitrogens is 1. The molecule has 1 aromatic carbocycles. The van der Waals surface area contributed by atoms with Crippen LogP contribution in [0.3, 0.4) is 0 Å². The SMILES string of the molecule is CN(CCn1c(=O)oc2ccccc21)C1CCCC1CN. The third-order valence-corrected chi connectivity index (χ3v) is 4.74. The Balaban J connectivity index is 1.72. The molecule has 1 aliphatic rings. The maximum atomic E-state index is 12.0. The molecule has 0 spiro atoms. The molecule has 3 rings (SSSR count). The summed E-state index contributed by atoms with van der Waals surface area (Å²) in [5, 5.41) is 0.